The van der Waals surface area contributed by atoms with Gasteiger partial charge in [-0.15, -0.1) is 0 Å². The van der Waals surface area contributed by atoms with Gasteiger partial charge in [0.05, 0.1) is 17.1 Å². The monoisotopic (exact) mass is 249 g/mol. The summed E-state index contributed by atoms with van der Waals surface area (Å²) in [6.07, 6.45) is 4.60. The standard InChI is InChI=1S/C13H15NO4/c15-13-12-7-6-11(14(16)17)9-10(12)5-3-1-2-4-8-18-13/h6-7,9H,1-5,8H2. The second-order valence-corrected chi connectivity index (χ2v) is 4.40. The topological polar surface area (TPSA) is 69.4 Å². The molecule has 0 amide bonds. The molecule has 1 heterocycles. The Morgan fingerprint density at radius 1 is 1.17 bits per heavy atom. The minimum Gasteiger partial charge on any atom is -0.462 e. The van der Waals surface area contributed by atoms with Gasteiger partial charge in [0, 0.05) is 12.1 Å². The molecule has 5 heteroatoms. The van der Waals surface area contributed by atoms with E-state index in [0.29, 0.717) is 18.6 Å². The zero-order valence-corrected chi connectivity index (χ0v) is 10.1. The van der Waals surface area contributed by atoms with Crippen LogP contribution in [0.15, 0.2) is 18.2 Å². The van der Waals surface area contributed by atoms with Gasteiger partial charge in [-0.3, -0.25) is 10.1 Å². The van der Waals surface area contributed by atoms with Crippen molar-refractivity contribution in [3.63, 3.8) is 0 Å². The molecule has 0 bridgehead atoms. The smallest absolute Gasteiger partial charge is 0.338 e. The van der Waals surface area contributed by atoms with Crippen LogP contribution in [0.1, 0.15) is 41.6 Å². The maximum Gasteiger partial charge on any atom is 0.338 e. The van der Waals surface area contributed by atoms with Gasteiger partial charge < -0.3 is 4.74 Å². The third kappa shape index (κ3) is 2.85. The van der Waals surface area contributed by atoms with E-state index in [0.717, 1.165) is 31.2 Å². The quantitative estimate of drug-likeness (QED) is 0.436. The number of ether oxygens (including phenoxy) is 1. The number of cyclic esters (lactones) is 1. The SMILES string of the molecule is O=C1OCCCCCCc2cc([N+](=O)[O-])ccc21. The van der Waals surface area contributed by atoms with E-state index in [2.05, 4.69) is 0 Å². The lowest BCUT2D eigenvalue weighted by molar-refractivity contribution is -0.384. The number of aryl methyl sites for hydroxylation is 1. The van der Waals surface area contributed by atoms with Gasteiger partial charge in [0.2, 0.25) is 0 Å². The molecule has 0 spiro atoms. The third-order valence-electron chi connectivity index (χ3n) is 3.09. The van der Waals surface area contributed by atoms with Gasteiger partial charge in [0.25, 0.3) is 5.69 Å². The zero-order chi connectivity index (χ0) is 13.0. The van der Waals surface area contributed by atoms with Gasteiger partial charge in [-0.1, -0.05) is 12.8 Å². The highest BCUT2D eigenvalue weighted by Gasteiger charge is 2.17. The van der Waals surface area contributed by atoms with Crippen molar-refractivity contribution in [1.29, 1.82) is 0 Å². The largest absolute Gasteiger partial charge is 0.462 e. The summed E-state index contributed by atoms with van der Waals surface area (Å²) in [6, 6.07) is 4.33. The van der Waals surface area contributed by atoms with E-state index in [-0.39, 0.29) is 11.7 Å². The van der Waals surface area contributed by atoms with Crippen LogP contribution < -0.4 is 0 Å². The molecule has 1 aromatic rings. The molecule has 0 unspecified atom stereocenters. The van der Waals surface area contributed by atoms with Crippen molar-refractivity contribution in [3.8, 4) is 0 Å². The lowest BCUT2D eigenvalue weighted by Gasteiger charge is -2.12. The number of hydrogen-bond acceptors (Lipinski definition) is 4. The first-order chi connectivity index (χ1) is 8.68. The molecule has 96 valence electrons. The fourth-order valence-electron chi connectivity index (χ4n) is 2.11. The van der Waals surface area contributed by atoms with Crippen LogP contribution in [0.5, 0.6) is 0 Å². The summed E-state index contributed by atoms with van der Waals surface area (Å²) in [5.74, 6) is -0.373. The lowest BCUT2D eigenvalue weighted by atomic mass is 9.99. The first kappa shape index (κ1) is 12.5. The van der Waals surface area contributed by atoms with Gasteiger partial charge >= 0.3 is 5.97 Å². The van der Waals surface area contributed by atoms with E-state index in [1.165, 1.54) is 18.2 Å². The predicted molar refractivity (Wildman–Crippen MR) is 65.6 cm³/mol. The maximum absolute atomic E-state index is 11.8. The van der Waals surface area contributed by atoms with E-state index < -0.39 is 4.92 Å². The summed E-state index contributed by atoms with van der Waals surface area (Å²) >= 11 is 0. The van der Waals surface area contributed by atoms with Crippen LogP contribution in [0.4, 0.5) is 5.69 Å². The van der Waals surface area contributed by atoms with Crippen molar-refractivity contribution < 1.29 is 14.5 Å². The van der Waals surface area contributed by atoms with Crippen molar-refractivity contribution in [3.05, 3.63) is 39.4 Å². The average Bonchev–Trinajstić information content (AvgIpc) is 2.37. The maximum atomic E-state index is 11.8. The number of nitro groups is 1. The van der Waals surface area contributed by atoms with E-state index in [1.807, 2.05) is 0 Å². The molecular weight excluding hydrogens is 234 g/mol. The Morgan fingerprint density at radius 2 is 1.94 bits per heavy atom. The van der Waals surface area contributed by atoms with Crippen LogP contribution in [0.3, 0.4) is 0 Å². The molecule has 18 heavy (non-hydrogen) atoms. The molecule has 0 N–H and O–H groups in total. The number of benzene rings is 1. The van der Waals surface area contributed by atoms with Gasteiger partial charge in [0.15, 0.2) is 0 Å². The Bertz CT molecular complexity index is 470. The molecule has 0 saturated carbocycles. The van der Waals surface area contributed by atoms with Crippen LogP contribution in [0.2, 0.25) is 0 Å². The number of esters is 1. The molecule has 0 saturated heterocycles. The molecule has 0 atom stereocenters. The number of carbonyl (C=O) groups is 1. The van der Waals surface area contributed by atoms with Crippen molar-refractivity contribution >= 4 is 11.7 Å². The van der Waals surface area contributed by atoms with E-state index in [4.69, 9.17) is 4.74 Å². The van der Waals surface area contributed by atoms with Crippen molar-refractivity contribution in [2.45, 2.75) is 32.1 Å². The Kier molecular flexibility index (Phi) is 3.92. The van der Waals surface area contributed by atoms with E-state index in [9.17, 15) is 14.9 Å². The molecule has 0 radical (unpaired) electrons. The number of fused-ring (bicyclic) bond motifs is 1. The molecule has 2 rings (SSSR count). The Morgan fingerprint density at radius 3 is 2.72 bits per heavy atom. The van der Waals surface area contributed by atoms with Crippen molar-refractivity contribution in [2.75, 3.05) is 6.61 Å². The number of hydrogen-bond donors (Lipinski definition) is 0. The third-order valence-corrected chi connectivity index (χ3v) is 3.09. The van der Waals surface area contributed by atoms with Crippen LogP contribution in [0.25, 0.3) is 0 Å². The van der Waals surface area contributed by atoms with Crippen LogP contribution in [0, 0.1) is 10.1 Å². The van der Waals surface area contributed by atoms with E-state index in [1.54, 1.807) is 0 Å². The van der Waals surface area contributed by atoms with Gasteiger partial charge in [-0.25, -0.2) is 4.79 Å². The highest BCUT2D eigenvalue weighted by atomic mass is 16.6. The molecule has 1 aromatic carbocycles. The minimum absolute atomic E-state index is 0.0265. The summed E-state index contributed by atoms with van der Waals surface area (Å²) in [5.41, 5.74) is 1.21. The molecule has 1 aliphatic heterocycles. The molecule has 0 aromatic heterocycles. The molecule has 0 aliphatic carbocycles. The number of non-ortho nitro benzene ring substituents is 1. The van der Waals surface area contributed by atoms with Crippen LogP contribution in [-0.2, 0) is 11.2 Å². The molecule has 1 aliphatic rings. The first-order valence-corrected chi connectivity index (χ1v) is 6.13. The molecule has 0 fully saturated rings. The molecule has 5 nitrogen and oxygen atoms in total. The van der Waals surface area contributed by atoms with Crippen molar-refractivity contribution in [1.82, 2.24) is 0 Å². The zero-order valence-electron chi connectivity index (χ0n) is 10.1. The Hall–Kier alpha value is -1.91. The van der Waals surface area contributed by atoms with Gasteiger partial charge in [0.1, 0.15) is 0 Å². The number of carbonyl (C=O) groups excluding carboxylic acids is 1. The highest BCUT2D eigenvalue weighted by Crippen LogP contribution is 2.22. The average molecular weight is 249 g/mol. The summed E-state index contributed by atoms with van der Waals surface area (Å²) in [5, 5.41) is 10.7. The second-order valence-electron chi connectivity index (χ2n) is 4.40. The summed E-state index contributed by atoms with van der Waals surface area (Å²) < 4.78 is 5.14. The predicted octanol–water partition coefficient (Wildman–Crippen LogP) is 2.87. The number of nitro benzene ring substituents is 1. The fraction of sp³-hybridized carbons (Fsp3) is 0.462. The minimum atomic E-state index is -0.440. The number of nitrogens with zero attached hydrogens (tertiary/aromatic N) is 1. The Labute approximate surface area is 105 Å². The molecular formula is C13H15NO4. The highest BCUT2D eigenvalue weighted by molar-refractivity contribution is 5.91. The fourth-order valence-corrected chi connectivity index (χ4v) is 2.11. The van der Waals surface area contributed by atoms with Crippen molar-refractivity contribution in [2.24, 2.45) is 0 Å². The summed E-state index contributed by atoms with van der Waals surface area (Å²) in [7, 11) is 0. The van der Waals surface area contributed by atoms with Gasteiger partial charge in [-0.05, 0) is 30.9 Å². The van der Waals surface area contributed by atoms with Crippen LogP contribution >= 0.6 is 0 Å². The lowest BCUT2D eigenvalue weighted by Crippen LogP contribution is -2.11. The Balaban J connectivity index is 2.33. The van der Waals surface area contributed by atoms with Crippen LogP contribution in [-0.4, -0.2) is 17.5 Å². The normalized spacial score (nSPS) is 16.6. The van der Waals surface area contributed by atoms with Gasteiger partial charge in [-0.2, -0.15) is 0 Å². The van der Waals surface area contributed by atoms with E-state index >= 15 is 0 Å². The number of rotatable bonds is 1. The second kappa shape index (κ2) is 5.62. The first-order valence-electron chi connectivity index (χ1n) is 6.13. The summed E-state index contributed by atoms with van der Waals surface area (Å²) in [4.78, 5) is 22.1. The summed E-state index contributed by atoms with van der Waals surface area (Å²) in [6.45, 7) is 0.426.